The van der Waals surface area contributed by atoms with E-state index in [2.05, 4.69) is 25.9 Å². The van der Waals surface area contributed by atoms with Crippen LogP contribution in [0.15, 0.2) is 28.9 Å². The van der Waals surface area contributed by atoms with E-state index in [1.807, 2.05) is 0 Å². The molecule has 8 heteroatoms. The number of aromatic nitrogens is 2. The first-order chi connectivity index (χ1) is 8.97. The minimum absolute atomic E-state index is 0.0516. The van der Waals surface area contributed by atoms with Gasteiger partial charge in [-0.3, -0.25) is 10.1 Å². The van der Waals surface area contributed by atoms with Crippen molar-refractivity contribution >= 4 is 27.4 Å². The first-order valence-electron chi connectivity index (χ1n) is 5.19. The minimum Gasteiger partial charge on any atom is -0.417 e. The summed E-state index contributed by atoms with van der Waals surface area (Å²) in [5.41, 5.74) is 6.01. The van der Waals surface area contributed by atoms with Crippen molar-refractivity contribution in [3.8, 4) is 11.8 Å². The molecule has 0 atom stereocenters. The highest BCUT2D eigenvalue weighted by Gasteiger charge is 2.19. The SMILES string of the molecule is Cc1cccc([N+](=O)[O-])c1Oc1nc(N)cc(Br)n1. The fourth-order valence-corrected chi connectivity index (χ4v) is 1.85. The number of anilines is 1. The number of nitrogens with two attached hydrogens (primary N) is 1. The molecule has 2 rings (SSSR count). The molecule has 0 fully saturated rings. The fraction of sp³-hybridized carbons (Fsp3) is 0.0909. The van der Waals surface area contributed by atoms with Crippen LogP contribution in [0.1, 0.15) is 5.56 Å². The Bertz CT molecular complexity index is 628. The minimum atomic E-state index is -0.524. The number of ether oxygens (including phenoxy) is 1. The molecule has 0 saturated carbocycles. The van der Waals surface area contributed by atoms with E-state index in [4.69, 9.17) is 10.5 Å². The summed E-state index contributed by atoms with van der Waals surface area (Å²) in [7, 11) is 0. The van der Waals surface area contributed by atoms with Crippen molar-refractivity contribution in [2.45, 2.75) is 6.92 Å². The number of nitrogens with zero attached hydrogens (tertiary/aromatic N) is 3. The average molecular weight is 325 g/mol. The maximum absolute atomic E-state index is 10.9. The third kappa shape index (κ3) is 2.97. The molecule has 0 aliphatic rings. The van der Waals surface area contributed by atoms with E-state index in [0.717, 1.165) is 0 Å². The lowest BCUT2D eigenvalue weighted by Gasteiger charge is -2.07. The Kier molecular flexibility index (Phi) is 3.61. The smallest absolute Gasteiger partial charge is 0.325 e. The van der Waals surface area contributed by atoms with E-state index in [9.17, 15) is 10.1 Å². The Balaban J connectivity index is 2.45. The lowest BCUT2D eigenvalue weighted by atomic mass is 10.2. The molecule has 0 bridgehead atoms. The van der Waals surface area contributed by atoms with Crippen LogP contribution in [0.2, 0.25) is 0 Å². The Morgan fingerprint density at radius 3 is 2.79 bits per heavy atom. The fourth-order valence-electron chi connectivity index (χ4n) is 1.46. The van der Waals surface area contributed by atoms with E-state index < -0.39 is 4.92 Å². The molecule has 0 aliphatic heterocycles. The van der Waals surface area contributed by atoms with Gasteiger partial charge in [0, 0.05) is 12.1 Å². The maximum atomic E-state index is 10.9. The second kappa shape index (κ2) is 5.19. The number of hydrogen-bond acceptors (Lipinski definition) is 6. The standard InChI is InChI=1S/C11H9BrN4O3/c1-6-3-2-4-7(16(17)18)10(6)19-11-14-8(12)5-9(13)15-11/h2-5H,1H3,(H2,13,14,15). The van der Waals surface area contributed by atoms with Gasteiger partial charge in [0.25, 0.3) is 0 Å². The summed E-state index contributed by atoms with van der Waals surface area (Å²) in [6.45, 7) is 1.70. The van der Waals surface area contributed by atoms with Crippen molar-refractivity contribution in [1.29, 1.82) is 0 Å². The highest BCUT2D eigenvalue weighted by Crippen LogP contribution is 2.33. The number of para-hydroxylation sites is 1. The Labute approximate surface area is 116 Å². The van der Waals surface area contributed by atoms with Crippen molar-refractivity contribution in [2.75, 3.05) is 5.73 Å². The van der Waals surface area contributed by atoms with Crippen LogP contribution in [-0.4, -0.2) is 14.9 Å². The molecule has 0 saturated heterocycles. The zero-order valence-corrected chi connectivity index (χ0v) is 11.4. The Morgan fingerprint density at radius 2 is 2.16 bits per heavy atom. The topological polar surface area (TPSA) is 104 Å². The third-order valence-electron chi connectivity index (χ3n) is 2.28. The van der Waals surface area contributed by atoms with E-state index in [0.29, 0.717) is 10.2 Å². The van der Waals surface area contributed by atoms with Crippen LogP contribution < -0.4 is 10.5 Å². The van der Waals surface area contributed by atoms with Gasteiger partial charge in [-0.2, -0.15) is 9.97 Å². The molecule has 98 valence electrons. The van der Waals surface area contributed by atoms with Gasteiger partial charge in [-0.1, -0.05) is 12.1 Å². The van der Waals surface area contributed by atoms with Crippen LogP contribution >= 0.6 is 15.9 Å². The zero-order chi connectivity index (χ0) is 14.0. The van der Waals surface area contributed by atoms with Gasteiger partial charge in [-0.05, 0) is 28.4 Å². The number of benzene rings is 1. The molecule has 0 aliphatic carbocycles. The average Bonchev–Trinajstić information content (AvgIpc) is 2.30. The molecule has 2 N–H and O–H groups in total. The van der Waals surface area contributed by atoms with Crippen LogP contribution in [0.25, 0.3) is 0 Å². The molecule has 0 radical (unpaired) electrons. The van der Waals surface area contributed by atoms with Gasteiger partial charge in [-0.25, -0.2) is 0 Å². The van der Waals surface area contributed by atoms with E-state index >= 15 is 0 Å². The van der Waals surface area contributed by atoms with Gasteiger partial charge >= 0.3 is 11.7 Å². The van der Waals surface area contributed by atoms with Crippen LogP contribution in [0.5, 0.6) is 11.8 Å². The van der Waals surface area contributed by atoms with Crippen molar-refractivity contribution in [3.05, 3.63) is 44.5 Å². The van der Waals surface area contributed by atoms with Crippen molar-refractivity contribution < 1.29 is 9.66 Å². The normalized spacial score (nSPS) is 10.2. The van der Waals surface area contributed by atoms with Gasteiger partial charge in [0.15, 0.2) is 0 Å². The number of nitro groups is 1. The van der Waals surface area contributed by atoms with Crippen molar-refractivity contribution in [3.63, 3.8) is 0 Å². The Hall–Kier alpha value is -2.22. The number of hydrogen-bond donors (Lipinski definition) is 1. The van der Waals surface area contributed by atoms with Gasteiger partial charge in [0.1, 0.15) is 10.4 Å². The second-order valence-electron chi connectivity index (χ2n) is 3.68. The van der Waals surface area contributed by atoms with Crippen LogP contribution in [0.3, 0.4) is 0 Å². The zero-order valence-electron chi connectivity index (χ0n) is 9.83. The third-order valence-corrected chi connectivity index (χ3v) is 2.68. The van der Waals surface area contributed by atoms with E-state index in [-0.39, 0.29) is 23.3 Å². The molecule has 0 spiro atoms. The summed E-state index contributed by atoms with van der Waals surface area (Å²) in [5.74, 6) is 0.304. The molecule has 0 amide bonds. The van der Waals surface area contributed by atoms with Crippen molar-refractivity contribution in [1.82, 2.24) is 9.97 Å². The predicted molar refractivity (Wildman–Crippen MR) is 72.1 cm³/mol. The van der Waals surface area contributed by atoms with Crippen LogP contribution in [0, 0.1) is 17.0 Å². The summed E-state index contributed by atoms with van der Waals surface area (Å²) in [6, 6.07) is 6.08. The highest BCUT2D eigenvalue weighted by atomic mass is 79.9. The first-order valence-corrected chi connectivity index (χ1v) is 5.98. The molecule has 1 aromatic carbocycles. The lowest BCUT2D eigenvalue weighted by molar-refractivity contribution is -0.385. The summed E-state index contributed by atoms with van der Waals surface area (Å²) in [4.78, 5) is 18.2. The number of nitro benzene ring substituents is 1. The number of aryl methyl sites for hydroxylation is 1. The van der Waals surface area contributed by atoms with Crippen LogP contribution in [0.4, 0.5) is 11.5 Å². The summed E-state index contributed by atoms with van der Waals surface area (Å²) in [5, 5.41) is 10.9. The Morgan fingerprint density at radius 1 is 1.42 bits per heavy atom. The number of nitrogen functional groups attached to an aromatic ring is 1. The van der Waals surface area contributed by atoms with E-state index in [1.54, 1.807) is 19.1 Å². The van der Waals surface area contributed by atoms with Gasteiger partial charge < -0.3 is 10.5 Å². The highest BCUT2D eigenvalue weighted by molar-refractivity contribution is 9.10. The largest absolute Gasteiger partial charge is 0.417 e. The number of rotatable bonds is 3. The van der Waals surface area contributed by atoms with Gasteiger partial charge in [-0.15, -0.1) is 0 Å². The molecule has 7 nitrogen and oxygen atoms in total. The first kappa shape index (κ1) is 13.2. The molecule has 0 unspecified atom stereocenters. The summed E-state index contributed by atoms with van der Waals surface area (Å²) in [6.07, 6.45) is 0. The quantitative estimate of drug-likeness (QED) is 0.528. The summed E-state index contributed by atoms with van der Waals surface area (Å²) < 4.78 is 5.83. The molecule has 19 heavy (non-hydrogen) atoms. The number of halogens is 1. The molecule has 1 heterocycles. The lowest BCUT2D eigenvalue weighted by Crippen LogP contribution is -2.00. The molecular weight excluding hydrogens is 316 g/mol. The van der Waals surface area contributed by atoms with Crippen LogP contribution in [-0.2, 0) is 0 Å². The predicted octanol–water partition coefficient (Wildman–Crippen LogP) is 2.83. The van der Waals surface area contributed by atoms with E-state index in [1.165, 1.54) is 12.1 Å². The van der Waals surface area contributed by atoms with Gasteiger partial charge in [0.2, 0.25) is 5.75 Å². The second-order valence-corrected chi connectivity index (χ2v) is 4.49. The van der Waals surface area contributed by atoms with Crippen molar-refractivity contribution in [2.24, 2.45) is 0 Å². The molecule has 2 aromatic rings. The monoisotopic (exact) mass is 324 g/mol. The van der Waals surface area contributed by atoms with Gasteiger partial charge in [0.05, 0.1) is 4.92 Å². The maximum Gasteiger partial charge on any atom is 0.325 e. The molecular formula is C11H9BrN4O3. The summed E-state index contributed by atoms with van der Waals surface area (Å²) >= 11 is 3.15. The molecule has 1 aromatic heterocycles.